The van der Waals surface area contributed by atoms with Gasteiger partial charge in [0.05, 0.1) is 4.92 Å². The number of Topliss-reactive ketones (excluding diaryl/α,β-unsaturated/α-hetero) is 1. The molecular weight excluding hydrogens is 386 g/mol. The Labute approximate surface area is 173 Å². The number of ketones is 1. The molecule has 3 aromatic rings. The largest absolute Gasteiger partial charge is 0.478 e. The summed E-state index contributed by atoms with van der Waals surface area (Å²) in [6.07, 6.45) is 0. The first-order valence-electron chi connectivity index (χ1n) is 9.24. The average molecular weight is 407 g/mol. The number of nitro benzene ring substituents is 1. The normalized spacial score (nSPS) is 10.5. The number of rotatable bonds is 7. The Morgan fingerprint density at radius 3 is 2.43 bits per heavy atom. The molecule has 0 atom stereocenters. The van der Waals surface area contributed by atoms with E-state index in [2.05, 4.69) is 5.43 Å². The monoisotopic (exact) mass is 407 g/mol. The molecule has 0 unspecified atom stereocenters. The van der Waals surface area contributed by atoms with Crippen LogP contribution in [0, 0.1) is 30.9 Å². The lowest BCUT2D eigenvalue weighted by Crippen LogP contribution is -2.25. The molecule has 0 spiro atoms. The molecule has 1 heterocycles. The van der Waals surface area contributed by atoms with Gasteiger partial charge in [-0.3, -0.25) is 29.8 Å². The predicted molar refractivity (Wildman–Crippen MR) is 112 cm³/mol. The van der Waals surface area contributed by atoms with E-state index in [-0.39, 0.29) is 29.7 Å². The van der Waals surface area contributed by atoms with Gasteiger partial charge in [-0.1, -0.05) is 24.3 Å². The van der Waals surface area contributed by atoms with Crippen molar-refractivity contribution in [1.82, 2.24) is 4.68 Å². The Kier molecular flexibility index (Phi) is 5.96. The third kappa shape index (κ3) is 4.38. The van der Waals surface area contributed by atoms with E-state index in [1.54, 1.807) is 57.2 Å². The Balaban J connectivity index is 1.76. The van der Waals surface area contributed by atoms with Crippen molar-refractivity contribution >= 4 is 17.4 Å². The number of hydrogen-bond donors (Lipinski definition) is 1. The SMILES string of the molecule is Cc1ccc(OCC(=O)c2cc(C)n(NC(=O)c3ccccc3)c2C)c([N+](=O)[O-])c1. The number of benzene rings is 2. The van der Waals surface area contributed by atoms with Gasteiger partial charge in [0.1, 0.15) is 0 Å². The Hall–Kier alpha value is -3.94. The molecule has 8 nitrogen and oxygen atoms in total. The van der Waals surface area contributed by atoms with E-state index < -0.39 is 4.92 Å². The van der Waals surface area contributed by atoms with Crippen molar-refractivity contribution in [3.63, 3.8) is 0 Å². The molecular formula is C22H21N3O5. The maximum absolute atomic E-state index is 12.7. The summed E-state index contributed by atoms with van der Waals surface area (Å²) in [4.78, 5) is 35.8. The van der Waals surface area contributed by atoms with Gasteiger partial charge >= 0.3 is 5.69 Å². The number of amides is 1. The summed E-state index contributed by atoms with van der Waals surface area (Å²) in [5.41, 5.74) is 5.38. The lowest BCUT2D eigenvalue weighted by atomic mass is 10.1. The lowest BCUT2D eigenvalue weighted by Gasteiger charge is -2.12. The zero-order valence-electron chi connectivity index (χ0n) is 16.8. The van der Waals surface area contributed by atoms with Crippen LogP contribution in [-0.4, -0.2) is 27.9 Å². The first-order chi connectivity index (χ1) is 14.3. The van der Waals surface area contributed by atoms with Gasteiger partial charge in [0.15, 0.2) is 12.4 Å². The number of nitrogens with one attached hydrogen (secondary N) is 1. The first-order valence-corrected chi connectivity index (χ1v) is 9.24. The van der Waals surface area contributed by atoms with E-state index in [1.165, 1.54) is 16.8 Å². The van der Waals surface area contributed by atoms with Crippen molar-refractivity contribution in [2.45, 2.75) is 20.8 Å². The molecule has 0 aliphatic heterocycles. The van der Waals surface area contributed by atoms with Crippen LogP contribution in [0.5, 0.6) is 5.75 Å². The first kappa shape index (κ1) is 20.8. The minimum Gasteiger partial charge on any atom is -0.478 e. The van der Waals surface area contributed by atoms with Crippen LogP contribution in [-0.2, 0) is 0 Å². The predicted octanol–water partition coefficient (Wildman–Crippen LogP) is 3.97. The molecule has 1 aromatic heterocycles. The fraction of sp³-hybridized carbons (Fsp3) is 0.182. The van der Waals surface area contributed by atoms with Crippen LogP contribution in [0.4, 0.5) is 5.69 Å². The second kappa shape index (κ2) is 8.60. The van der Waals surface area contributed by atoms with Gasteiger partial charge in [-0.2, -0.15) is 0 Å². The van der Waals surface area contributed by atoms with Crippen LogP contribution in [0.1, 0.15) is 37.7 Å². The molecule has 154 valence electrons. The number of hydrogen-bond acceptors (Lipinski definition) is 5. The molecule has 0 aliphatic rings. The molecule has 0 saturated carbocycles. The summed E-state index contributed by atoms with van der Waals surface area (Å²) < 4.78 is 6.97. The fourth-order valence-electron chi connectivity index (χ4n) is 3.09. The van der Waals surface area contributed by atoms with Gasteiger partial charge in [-0.15, -0.1) is 0 Å². The summed E-state index contributed by atoms with van der Waals surface area (Å²) in [6.45, 7) is 4.85. The summed E-state index contributed by atoms with van der Waals surface area (Å²) in [7, 11) is 0. The number of carbonyl (C=O) groups is 2. The third-order valence-electron chi connectivity index (χ3n) is 4.65. The van der Waals surface area contributed by atoms with Crippen molar-refractivity contribution in [2.24, 2.45) is 0 Å². The van der Waals surface area contributed by atoms with Crippen molar-refractivity contribution in [1.29, 1.82) is 0 Å². The number of nitrogens with zero attached hydrogens (tertiary/aromatic N) is 2. The van der Waals surface area contributed by atoms with E-state index >= 15 is 0 Å². The fourth-order valence-corrected chi connectivity index (χ4v) is 3.09. The zero-order chi connectivity index (χ0) is 21.8. The molecule has 0 aliphatic carbocycles. The maximum Gasteiger partial charge on any atom is 0.311 e. The summed E-state index contributed by atoms with van der Waals surface area (Å²) in [5, 5.41) is 11.2. The van der Waals surface area contributed by atoms with E-state index in [0.29, 0.717) is 22.5 Å². The second-order valence-corrected chi connectivity index (χ2v) is 6.87. The minimum absolute atomic E-state index is 0.0325. The zero-order valence-corrected chi connectivity index (χ0v) is 16.8. The molecule has 1 N–H and O–H groups in total. The van der Waals surface area contributed by atoms with E-state index in [4.69, 9.17) is 4.74 Å². The smallest absolute Gasteiger partial charge is 0.311 e. The highest BCUT2D eigenvalue weighted by atomic mass is 16.6. The Morgan fingerprint density at radius 2 is 1.77 bits per heavy atom. The topological polar surface area (TPSA) is 103 Å². The van der Waals surface area contributed by atoms with Crippen molar-refractivity contribution in [3.05, 3.63) is 92.8 Å². The van der Waals surface area contributed by atoms with Gasteiger partial charge in [0.25, 0.3) is 5.91 Å². The van der Waals surface area contributed by atoms with Crippen LogP contribution >= 0.6 is 0 Å². The molecule has 2 aromatic carbocycles. The number of carbonyl (C=O) groups excluding carboxylic acids is 2. The van der Waals surface area contributed by atoms with Crippen LogP contribution in [0.15, 0.2) is 54.6 Å². The maximum atomic E-state index is 12.7. The molecule has 8 heteroatoms. The molecule has 0 saturated heterocycles. The molecule has 3 rings (SSSR count). The highest BCUT2D eigenvalue weighted by Crippen LogP contribution is 2.28. The summed E-state index contributed by atoms with van der Waals surface area (Å²) in [5.74, 6) is -0.619. The Bertz CT molecular complexity index is 1120. The average Bonchev–Trinajstić information content (AvgIpc) is 3.01. The third-order valence-corrected chi connectivity index (χ3v) is 4.65. The standard InChI is InChI=1S/C22H21N3O5/c1-14-9-10-21(19(11-14)25(28)29)30-13-20(26)18-12-15(2)24(16(18)3)23-22(27)17-7-5-4-6-8-17/h4-12H,13H2,1-3H3,(H,23,27). The van der Waals surface area contributed by atoms with Gasteiger partial charge < -0.3 is 4.74 Å². The molecule has 0 fully saturated rings. The molecule has 0 radical (unpaired) electrons. The van der Waals surface area contributed by atoms with E-state index in [0.717, 1.165) is 5.56 Å². The van der Waals surface area contributed by atoms with Gasteiger partial charge in [-0.25, -0.2) is 0 Å². The van der Waals surface area contributed by atoms with Crippen molar-refractivity contribution in [2.75, 3.05) is 12.0 Å². The number of ether oxygens (including phenoxy) is 1. The molecule has 30 heavy (non-hydrogen) atoms. The van der Waals surface area contributed by atoms with E-state index in [1.807, 2.05) is 6.07 Å². The van der Waals surface area contributed by atoms with Gasteiger partial charge in [0, 0.05) is 28.6 Å². The second-order valence-electron chi connectivity index (χ2n) is 6.87. The highest BCUT2D eigenvalue weighted by Gasteiger charge is 2.20. The number of nitro groups is 1. The van der Waals surface area contributed by atoms with Gasteiger partial charge in [-0.05, 0) is 50.6 Å². The lowest BCUT2D eigenvalue weighted by molar-refractivity contribution is -0.385. The van der Waals surface area contributed by atoms with Crippen LogP contribution in [0.3, 0.4) is 0 Å². The van der Waals surface area contributed by atoms with Crippen molar-refractivity contribution in [3.8, 4) is 5.75 Å². The Morgan fingerprint density at radius 1 is 1.07 bits per heavy atom. The number of aryl methyl sites for hydroxylation is 2. The molecule has 0 bridgehead atoms. The molecule has 1 amide bonds. The van der Waals surface area contributed by atoms with Crippen molar-refractivity contribution < 1.29 is 19.2 Å². The highest BCUT2D eigenvalue weighted by molar-refractivity contribution is 6.01. The van der Waals surface area contributed by atoms with Crippen LogP contribution in [0.25, 0.3) is 0 Å². The van der Waals surface area contributed by atoms with Gasteiger partial charge in [0.2, 0.25) is 5.78 Å². The minimum atomic E-state index is -0.544. The van der Waals surface area contributed by atoms with Crippen LogP contribution in [0.2, 0.25) is 0 Å². The summed E-state index contributed by atoms with van der Waals surface area (Å²) in [6, 6.07) is 14.9. The van der Waals surface area contributed by atoms with E-state index in [9.17, 15) is 19.7 Å². The quantitative estimate of drug-likeness (QED) is 0.363. The van der Waals surface area contributed by atoms with Crippen LogP contribution < -0.4 is 10.2 Å². The number of aromatic nitrogens is 1. The summed E-state index contributed by atoms with van der Waals surface area (Å²) >= 11 is 0.